The van der Waals surface area contributed by atoms with E-state index in [0.29, 0.717) is 6.42 Å². The average molecular weight is 302 g/mol. The molecule has 0 aliphatic heterocycles. The van der Waals surface area contributed by atoms with Crippen LogP contribution in [0, 0.1) is 0 Å². The molecule has 20 heavy (non-hydrogen) atoms. The van der Waals surface area contributed by atoms with E-state index in [2.05, 4.69) is 17.0 Å². The maximum Gasteiger partial charge on any atom is 0.211 e. The van der Waals surface area contributed by atoms with Crippen molar-refractivity contribution in [3.8, 4) is 0 Å². The maximum atomic E-state index is 11.9. The lowest BCUT2D eigenvalue weighted by Crippen LogP contribution is -2.35. The first kappa shape index (κ1) is 17.2. The molecule has 0 spiro atoms. The molecular formula is C14H26N2O3S. The number of rotatable bonds is 11. The summed E-state index contributed by atoms with van der Waals surface area (Å²) in [5, 5.41) is 3.20. The molecule has 1 aromatic heterocycles. The van der Waals surface area contributed by atoms with Crippen LogP contribution in [0.15, 0.2) is 22.8 Å². The summed E-state index contributed by atoms with van der Waals surface area (Å²) in [6.07, 6.45) is 4.82. The normalized spacial score (nSPS) is 13.5. The van der Waals surface area contributed by atoms with Crippen LogP contribution in [0.4, 0.5) is 0 Å². The number of aryl methyl sites for hydroxylation is 1. The van der Waals surface area contributed by atoms with Gasteiger partial charge in [0, 0.05) is 12.5 Å². The maximum absolute atomic E-state index is 11.9. The number of hydrogen-bond donors (Lipinski definition) is 2. The predicted molar refractivity (Wildman–Crippen MR) is 81.2 cm³/mol. The van der Waals surface area contributed by atoms with E-state index in [-0.39, 0.29) is 11.8 Å². The average Bonchev–Trinajstić information content (AvgIpc) is 2.88. The van der Waals surface area contributed by atoms with Crippen molar-refractivity contribution in [2.75, 3.05) is 18.8 Å². The Morgan fingerprint density at radius 3 is 2.80 bits per heavy atom. The highest BCUT2D eigenvalue weighted by atomic mass is 32.2. The lowest BCUT2D eigenvalue weighted by molar-refractivity contribution is 0.479. The molecule has 2 N–H and O–H groups in total. The Hall–Kier alpha value is -0.850. The van der Waals surface area contributed by atoms with Gasteiger partial charge in [-0.05, 0) is 51.4 Å². The van der Waals surface area contributed by atoms with E-state index in [9.17, 15) is 8.42 Å². The summed E-state index contributed by atoms with van der Waals surface area (Å²) in [6, 6.07) is 3.67. The van der Waals surface area contributed by atoms with Gasteiger partial charge in [0.05, 0.1) is 12.0 Å². The van der Waals surface area contributed by atoms with Gasteiger partial charge in [-0.2, -0.15) is 0 Å². The first-order chi connectivity index (χ1) is 9.53. The summed E-state index contributed by atoms with van der Waals surface area (Å²) < 4.78 is 31.7. The molecule has 1 rings (SSSR count). The molecule has 0 amide bonds. The topological polar surface area (TPSA) is 71.3 Å². The fraction of sp³-hybridized carbons (Fsp3) is 0.714. The Labute approximate surface area is 122 Å². The minimum absolute atomic E-state index is 0.0753. The zero-order valence-corrected chi connectivity index (χ0v) is 13.2. The third-order valence-electron chi connectivity index (χ3n) is 2.98. The van der Waals surface area contributed by atoms with Crippen LogP contribution in [0.1, 0.15) is 38.9 Å². The van der Waals surface area contributed by atoms with E-state index >= 15 is 0 Å². The Balaban J connectivity index is 2.19. The third kappa shape index (κ3) is 7.67. The predicted octanol–water partition coefficient (Wildman–Crippen LogP) is 1.91. The van der Waals surface area contributed by atoms with Crippen molar-refractivity contribution in [3.05, 3.63) is 24.2 Å². The third-order valence-corrected chi connectivity index (χ3v) is 4.57. The van der Waals surface area contributed by atoms with Crippen LogP contribution < -0.4 is 10.0 Å². The molecule has 6 heteroatoms. The van der Waals surface area contributed by atoms with Gasteiger partial charge in [0.2, 0.25) is 10.0 Å². The molecule has 5 nitrogen and oxygen atoms in total. The molecule has 1 aromatic rings. The van der Waals surface area contributed by atoms with Gasteiger partial charge in [-0.1, -0.05) is 6.92 Å². The van der Waals surface area contributed by atoms with Gasteiger partial charge in [-0.25, -0.2) is 13.1 Å². The van der Waals surface area contributed by atoms with Crippen LogP contribution in [-0.2, 0) is 16.4 Å². The molecule has 0 radical (unpaired) electrons. The molecule has 1 unspecified atom stereocenters. The monoisotopic (exact) mass is 302 g/mol. The highest BCUT2D eigenvalue weighted by molar-refractivity contribution is 7.89. The first-order valence-corrected chi connectivity index (χ1v) is 8.92. The van der Waals surface area contributed by atoms with Crippen LogP contribution in [0.5, 0.6) is 0 Å². The molecule has 0 aliphatic rings. The van der Waals surface area contributed by atoms with Gasteiger partial charge in [-0.3, -0.25) is 0 Å². The van der Waals surface area contributed by atoms with E-state index < -0.39 is 10.0 Å². The zero-order chi connectivity index (χ0) is 14.8. The van der Waals surface area contributed by atoms with Crippen molar-refractivity contribution in [1.29, 1.82) is 0 Å². The lowest BCUT2D eigenvalue weighted by Gasteiger charge is -2.13. The van der Waals surface area contributed by atoms with Crippen molar-refractivity contribution < 1.29 is 12.8 Å². The highest BCUT2D eigenvalue weighted by Gasteiger charge is 2.14. The first-order valence-electron chi connectivity index (χ1n) is 7.26. The standard InChI is InChI=1S/C14H26N2O3S/c1-3-9-15-10-5-12-20(17,18)16-13(2)7-8-14-6-4-11-19-14/h4,6,11,13,15-16H,3,5,7-10,12H2,1-2H3. The molecule has 0 saturated carbocycles. The fourth-order valence-corrected chi connectivity index (χ4v) is 3.30. The largest absolute Gasteiger partial charge is 0.469 e. The number of sulfonamides is 1. The zero-order valence-electron chi connectivity index (χ0n) is 12.4. The van der Waals surface area contributed by atoms with Crippen molar-refractivity contribution in [2.24, 2.45) is 0 Å². The van der Waals surface area contributed by atoms with E-state index in [1.807, 2.05) is 19.1 Å². The summed E-state index contributed by atoms with van der Waals surface area (Å²) in [5.41, 5.74) is 0. The number of furan rings is 1. The van der Waals surface area contributed by atoms with Gasteiger partial charge in [-0.15, -0.1) is 0 Å². The highest BCUT2D eigenvalue weighted by Crippen LogP contribution is 2.06. The summed E-state index contributed by atoms with van der Waals surface area (Å²) >= 11 is 0. The molecular weight excluding hydrogens is 276 g/mol. The minimum Gasteiger partial charge on any atom is -0.469 e. The Morgan fingerprint density at radius 2 is 2.15 bits per heavy atom. The second-order valence-corrected chi connectivity index (χ2v) is 6.93. The van der Waals surface area contributed by atoms with Crippen LogP contribution in [0.2, 0.25) is 0 Å². The molecule has 0 saturated heterocycles. The van der Waals surface area contributed by atoms with Crippen LogP contribution in [-0.4, -0.2) is 33.3 Å². The molecule has 0 fully saturated rings. The molecule has 116 valence electrons. The van der Waals surface area contributed by atoms with Crippen molar-refractivity contribution in [2.45, 2.75) is 45.6 Å². The van der Waals surface area contributed by atoms with Crippen LogP contribution in [0.3, 0.4) is 0 Å². The van der Waals surface area contributed by atoms with Crippen molar-refractivity contribution in [3.63, 3.8) is 0 Å². The van der Waals surface area contributed by atoms with Gasteiger partial charge in [0.1, 0.15) is 5.76 Å². The van der Waals surface area contributed by atoms with Gasteiger partial charge in [0.25, 0.3) is 0 Å². The Kier molecular flexibility index (Phi) is 7.87. The van der Waals surface area contributed by atoms with Crippen molar-refractivity contribution >= 4 is 10.0 Å². The van der Waals surface area contributed by atoms with E-state index in [0.717, 1.165) is 38.1 Å². The van der Waals surface area contributed by atoms with E-state index in [1.54, 1.807) is 6.26 Å². The molecule has 0 aromatic carbocycles. The van der Waals surface area contributed by atoms with Gasteiger partial charge in [0.15, 0.2) is 0 Å². The number of nitrogens with one attached hydrogen (secondary N) is 2. The molecule has 0 aliphatic carbocycles. The summed E-state index contributed by atoms with van der Waals surface area (Å²) in [6.45, 7) is 5.66. The lowest BCUT2D eigenvalue weighted by atomic mass is 10.2. The summed E-state index contributed by atoms with van der Waals surface area (Å²) in [4.78, 5) is 0. The molecule has 0 bridgehead atoms. The van der Waals surface area contributed by atoms with Crippen LogP contribution in [0.25, 0.3) is 0 Å². The van der Waals surface area contributed by atoms with Gasteiger partial charge >= 0.3 is 0 Å². The van der Waals surface area contributed by atoms with Crippen molar-refractivity contribution in [1.82, 2.24) is 10.0 Å². The SMILES string of the molecule is CCCNCCCS(=O)(=O)NC(C)CCc1ccco1. The smallest absolute Gasteiger partial charge is 0.211 e. The quantitative estimate of drug-likeness (QED) is 0.613. The number of hydrogen-bond acceptors (Lipinski definition) is 4. The second-order valence-electron chi connectivity index (χ2n) is 5.06. The summed E-state index contributed by atoms with van der Waals surface area (Å²) in [7, 11) is -3.18. The van der Waals surface area contributed by atoms with Gasteiger partial charge < -0.3 is 9.73 Å². The summed E-state index contributed by atoms with van der Waals surface area (Å²) in [5.74, 6) is 1.06. The van der Waals surface area contributed by atoms with E-state index in [1.165, 1.54) is 0 Å². The minimum atomic E-state index is -3.18. The second kappa shape index (κ2) is 9.15. The Morgan fingerprint density at radius 1 is 1.35 bits per heavy atom. The van der Waals surface area contributed by atoms with Crippen LogP contribution >= 0.6 is 0 Å². The Bertz CT molecular complexity index is 443. The molecule has 1 atom stereocenters. The van der Waals surface area contributed by atoms with E-state index in [4.69, 9.17) is 4.42 Å². The molecule has 1 heterocycles. The fourth-order valence-electron chi connectivity index (χ4n) is 1.93.